The van der Waals surface area contributed by atoms with Crippen molar-refractivity contribution in [1.29, 1.82) is 0 Å². The zero-order valence-electron chi connectivity index (χ0n) is 34.0. The summed E-state index contributed by atoms with van der Waals surface area (Å²) in [4.78, 5) is 14.9. The van der Waals surface area contributed by atoms with Gasteiger partial charge in [0.2, 0.25) is 0 Å². The Bertz CT molecular complexity index is 3820. The topological polar surface area (TPSA) is 53.5 Å². The number of para-hydroxylation sites is 4. The maximum Gasteiger partial charge on any atom is 0.164 e. The van der Waals surface area contributed by atoms with E-state index in [1.165, 1.54) is 54.4 Å². The lowest BCUT2D eigenvalue weighted by Crippen LogP contribution is -2.00. The van der Waals surface area contributed by atoms with Crippen LogP contribution in [0.1, 0.15) is 0 Å². The molecule has 0 saturated carbocycles. The van der Waals surface area contributed by atoms with E-state index >= 15 is 0 Å². The molecule has 9 aromatic carbocycles. The minimum atomic E-state index is 0.632. The van der Waals surface area contributed by atoms with Crippen LogP contribution in [-0.4, -0.2) is 28.7 Å². The first-order valence-electron chi connectivity index (χ1n) is 21.3. The fraction of sp³-hybridized carbons (Fsp3) is 0. The third kappa shape index (κ3) is 5.48. The first kappa shape index (κ1) is 35.2. The average Bonchev–Trinajstić information content (AvgIpc) is 4.00. The summed E-state index contributed by atoms with van der Waals surface area (Å²) in [5, 5.41) is 7.31. The van der Waals surface area contributed by atoms with Crippen LogP contribution in [0.3, 0.4) is 0 Å². The lowest BCUT2D eigenvalue weighted by molar-refractivity contribution is 1.07. The summed E-state index contributed by atoms with van der Waals surface area (Å²) in [7, 11) is 0. The molecule has 13 aromatic rings. The van der Waals surface area contributed by atoms with Gasteiger partial charge in [-0.25, -0.2) is 15.0 Å². The van der Waals surface area contributed by atoms with Gasteiger partial charge in [-0.05, 0) is 72.8 Å². The van der Waals surface area contributed by atoms with Crippen molar-refractivity contribution < 1.29 is 0 Å². The number of fused-ring (bicyclic) bond motifs is 10. The predicted molar refractivity (Wildman–Crippen MR) is 259 cm³/mol. The Hall–Kier alpha value is -8.61. The maximum absolute atomic E-state index is 4.99. The highest BCUT2D eigenvalue weighted by molar-refractivity contribution is 6.24. The summed E-state index contributed by atoms with van der Waals surface area (Å²) in [6, 6.07) is 77.4. The van der Waals surface area contributed by atoms with Crippen LogP contribution in [-0.2, 0) is 0 Å². The van der Waals surface area contributed by atoms with Crippen LogP contribution in [0.25, 0.3) is 117 Å². The van der Waals surface area contributed by atoms with Crippen molar-refractivity contribution in [2.75, 3.05) is 0 Å². The Labute approximate surface area is 362 Å². The molecule has 294 valence electrons. The maximum atomic E-state index is 4.99. The van der Waals surface area contributed by atoms with Crippen LogP contribution in [0.15, 0.2) is 218 Å². The van der Waals surface area contributed by atoms with Gasteiger partial charge in [0.15, 0.2) is 17.5 Å². The molecule has 0 atom stereocenters. The first-order valence-corrected chi connectivity index (χ1v) is 21.3. The Morgan fingerprint density at radius 3 is 1.13 bits per heavy atom. The molecule has 0 aliphatic heterocycles. The van der Waals surface area contributed by atoms with Gasteiger partial charge in [0.05, 0.1) is 33.1 Å². The molecule has 0 fully saturated rings. The van der Waals surface area contributed by atoms with Crippen molar-refractivity contribution in [1.82, 2.24) is 28.7 Å². The number of hydrogen-bond acceptors (Lipinski definition) is 3. The van der Waals surface area contributed by atoms with Gasteiger partial charge < -0.3 is 13.7 Å². The lowest BCUT2D eigenvalue weighted by Gasteiger charge is -2.13. The Kier molecular flexibility index (Phi) is 7.80. The Morgan fingerprint density at radius 2 is 0.603 bits per heavy atom. The van der Waals surface area contributed by atoms with E-state index in [2.05, 4.69) is 171 Å². The number of benzene rings is 9. The van der Waals surface area contributed by atoms with Gasteiger partial charge in [-0.2, -0.15) is 0 Å². The molecule has 0 unspecified atom stereocenters. The molecule has 0 radical (unpaired) electrons. The first-order chi connectivity index (χ1) is 31.3. The van der Waals surface area contributed by atoms with Crippen LogP contribution in [0.5, 0.6) is 0 Å². The van der Waals surface area contributed by atoms with Crippen molar-refractivity contribution in [3.8, 4) is 51.2 Å². The van der Waals surface area contributed by atoms with E-state index in [0.29, 0.717) is 17.5 Å². The number of aromatic nitrogens is 6. The van der Waals surface area contributed by atoms with E-state index < -0.39 is 0 Å². The normalized spacial score (nSPS) is 11.8. The summed E-state index contributed by atoms with van der Waals surface area (Å²) in [6.07, 6.45) is 0. The quantitative estimate of drug-likeness (QED) is 0.168. The molecule has 0 saturated heterocycles. The van der Waals surface area contributed by atoms with Gasteiger partial charge in [-0.3, -0.25) is 0 Å². The second-order valence-electron chi connectivity index (χ2n) is 16.0. The van der Waals surface area contributed by atoms with Crippen LogP contribution in [0, 0.1) is 0 Å². The minimum absolute atomic E-state index is 0.632. The minimum Gasteiger partial charge on any atom is -0.309 e. The summed E-state index contributed by atoms with van der Waals surface area (Å²) < 4.78 is 7.29. The molecular formula is C57H36N6. The highest BCUT2D eigenvalue weighted by atomic mass is 15.1. The molecule has 0 N–H and O–H groups in total. The number of nitrogens with zero attached hydrogens (tertiary/aromatic N) is 6. The van der Waals surface area contributed by atoms with Gasteiger partial charge in [0, 0.05) is 66.1 Å². The van der Waals surface area contributed by atoms with Gasteiger partial charge in [-0.15, -0.1) is 0 Å². The SMILES string of the molecule is c1ccc(-c2nc(-c3ccccc3)nc(-c3ccc(-n4c5ccccc5c5cc(-n6c7ccccc7c7ccc8c9ccccc9n(-c9ccccc9)c8c76)ccc54)cc3)n2)cc1. The number of hydrogen-bond donors (Lipinski definition) is 0. The zero-order chi connectivity index (χ0) is 41.4. The monoisotopic (exact) mass is 804 g/mol. The van der Waals surface area contributed by atoms with E-state index in [-0.39, 0.29) is 0 Å². The highest BCUT2D eigenvalue weighted by Gasteiger charge is 2.22. The van der Waals surface area contributed by atoms with E-state index in [9.17, 15) is 0 Å². The van der Waals surface area contributed by atoms with Crippen molar-refractivity contribution in [3.05, 3.63) is 218 Å². The molecule has 6 heteroatoms. The third-order valence-electron chi connectivity index (χ3n) is 12.5. The fourth-order valence-electron chi connectivity index (χ4n) is 9.69. The summed E-state index contributed by atoms with van der Waals surface area (Å²) >= 11 is 0. The van der Waals surface area contributed by atoms with Crippen LogP contribution in [0.2, 0.25) is 0 Å². The summed E-state index contributed by atoms with van der Waals surface area (Å²) in [5.41, 5.74) is 13.2. The van der Waals surface area contributed by atoms with Gasteiger partial charge >= 0.3 is 0 Å². The molecule has 0 spiro atoms. The molecule has 0 amide bonds. The summed E-state index contributed by atoms with van der Waals surface area (Å²) in [5.74, 6) is 1.92. The second-order valence-corrected chi connectivity index (χ2v) is 16.0. The predicted octanol–water partition coefficient (Wildman–Crippen LogP) is 14.2. The number of rotatable bonds is 6. The van der Waals surface area contributed by atoms with Gasteiger partial charge in [0.25, 0.3) is 0 Å². The van der Waals surface area contributed by atoms with Gasteiger partial charge in [-0.1, -0.05) is 146 Å². The van der Waals surface area contributed by atoms with E-state index in [1.807, 2.05) is 60.7 Å². The standard InChI is InChI=1S/C57H36N6/c1-4-16-37(17-5-1)55-58-56(38-18-6-2-7-19-38)60-57(59-55)39-28-30-41(31-29-39)61-49-25-13-12-24-45(49)48-36-42(32-35-52(48)61)63-51-27-15-11-23-44(51)47-34-33-46-43-22-10-14-26-50(43)62(53(46)54(47)63)40-20-8-3-9-21-40/h1-36H. The Morgan fingerprint density at radius 1 is 0.238 bits per heavy atom. The van der Waals surface area contributed by atoms with E-state index in [0.717, 1.165) is 44.8 Å². The molecule has 4 heterocycles. The largest absolute Gasteiger partial charge is 0.309 e. The fourth-order valence-corrected chi connectivity index (χ4v) is 9.69. The molecule has 0 aliphatic carbocycles. The smallest absolute Gasteiger partial charge is 0.164 e. The molecule has 6 nitrogen and oxygen atoms in total. The average molecular weight is 805 g/mol. The molecule has 0 bridgehead atoms. The molecule has 63 heavy (non-hydrogen) atoms. The van der Waals surface area contributed by atoms with E-state index in [1.54, 1.807) is 0 Å². The second kappa shape index (κ2) is 14.0. The summed E-state index contributed by atoms with van der Waals surface area (Å²) in [6.45, 7) is 0. The van der Waals surface area contributed by atoms with Crippen molar-refractivity contribution >= 4 is 65.4 Å². The Balaban J connectivity index is 0.998. The molecule has 4 aromatic heterocycles. The van der Waals surface area contributed by atoms with Gasteiger partial charge in [0.1, 0.15) is 0 Å². The molecular weight excluding hydrogens is 769 g/mol. The van der Waals surface area contributed by atoms with E-state index in [4.69, 9.17) is 15.0 Å². The highest BCUT2D eigenvalue weighted by Crippen LogP contribution is 2.43. The lowest BCUT2D eigenvalue weighted by atomic mass is 10.1. The molecule has 13 rings (SSSR count). The van der Waals surface area contributed by atoms with Crippen molar-refractivity contribution in [3.63, 3.8) is 0 Å². The van der Waals surface area contributed by atoms with Crippen LogP contribution in [0.4, 0.5) is 0 Å². The van der Waals surface area contributed by atoms with Crippen molar-refractivity contribution in [2.24, 2.45) is 0 Å². The molecule has 0 aliphatic rings. The zero-order valence-corrected chi connectivity index (χ0v) is 34.0. The third-order valence-corrected chi connectivity index (χ3v) is 12.5. The van der Waals surface area contributed by atoms with Crippen LogP contribution < -0.4 is 0 Å². The van der Waals surface area contributed by atoms with Crippen LogP contribution >= 0.6 is 0 Å². The van der Waals surface area contributed by atoms with Crippen molar-refractivity contribution in [2.45, 2.75) is 0 Å².